The second-order valence-corrected chi connectivity index (χ2v) is 7.18. The molecule has 0 aliphatic heterocycles. The summed E-state index contributed by atoms with van der Waals surface area (Å²) >= 11 is 0. The third-order valence-electron chi connectivity index (χ3n) is 4.89. The lowest BCUT2D eigenvalue weighted by molar-refractivity contribution is 0.0590. The predicted molar refractivity (Wildman–Crippen MR) is 104 cm³/mol. The van der Waals surface area contributed by atoms with Gasteiger partial charge < -0.3 is 19.9 Å². The average Bonchev–Trinajstić information content (AvgIpc) is 2.68. The number of carbonyl (C=O) groups is 1. The van der Waals surface area contributed by atoms with E-state index in [4.69, 9.17) is 9.47 Å². The predicted octanol–water partition coefficient (Wildman–Crippen LogP) is 3.40. The van der Waals surface area contributed by atoms with Crippen molar-refractivity contribution in [2.75, 3.05) is 7.11 Å². The molecule has 0 radical (unpaired) electrons. The Morgan fingerprint density at radius 3 is 2.63 bits per heavy atom. The summed E-state index contributed by atoms with van der Waals surface area (Å²) in [5.41, 5.74) is 3.04. The van der Waals surface area contributed by atoms with Crippen molar-refractivity contribution in [3.05, 3.63) is 64.7 Å². The van der Waals surface area contributed by atoms with Crippen molar-refractivity contribution in [1.29, 1.82) is 0 Å². The van der Waals surface area contributed by atoms with Gasteiger partial charge in [-0.1, -0.05) is 50.2 Å². The monoisotopic (exact) mass is 369 g/mol. The second-order valence-electron chi connectivity index (χ2n) is 7.18. The first-order chi connectivity index (χ1) is 13.0. The molecule has 0 fully saturated rings. The zero-order valence-corrected chi connectivity index (χ0v) is 16.1. The van der Waals surface area contributed by atoms with Crippen molar-refractivity contribution in [1.82, 2.24) is 5.32 Å². The van der Waals surface area contributed by atoms with Crippen LogP contribution < -0.4 is 10.1 Å². The molecule has 0 spiro atoms. The van der Waals surface area contributed by atoms with Gasteiger partial charge in [0.1, 0.15) is 17.9 Å². The van der Waals surface area contributed by atoms with E-state index < -0.39 is 12.1 Å². The normalized spacial score (nSPS) is 18.9. The highest BCUT2D eigenvalue weighted by Gasteiger charge is 2.32. The molecule has 0 bridgehead atoms. The molecule has 0 unspecified atom stereocenters. The van der Waals surface area contributed by atoms with Crippen LogP contribution in [0.3, 0.4) is 0 Å². The summed E-state index contributed by atoms with van der Waals surface area (Å²) in [6.07, 6.45) is 0.769. The fourth-order valence-corrected chi connectivity index (χ4v) is 3.65. The molecular weight excluding hydrogens is 342 g/mol. The maximum Gasteiger partial charge on any atom is 0.341 e. The number of hydrogen-bond acceptors (Lipinski definition) is 5. The molecule has 2 atom stereocenters. The molecule has 1 aliphatic rings. The van der Waals surface area contributed by atoms with Crippen LogP contribution in [0.5, 0.6) is 5.75 Å². The highest BCUT2D eigenvalue weighted by Crippen LogP contribution is 2.37. The van der Waals surface area contributed by atoms with Crippen molar-refractivity contribution >= 4 is 5.97 Å². The number of hydrogen-bond donors (Lipinski definition) is 2. The Labute approximate surface area is 160 Å². The Morgan fingerprint density at radius 2 is 1.96 bits per heavy atom. The van der Waals surface area contributed by atoms with Crippen molar-refractivity contribution in [3.63, 3.8) is 0 Å². The van der Waals surface area contributed by atoms with E-state index in [0.29, 0.717) is 24.3 Å². The number of nitrogens with one attached hydrogen (secondary N) is 1. The van der Waals surface area contributed by atoms with Gasteiger partial charge in [0.2, 0.25) is 0 Å². The Hall–Kier alpha value is -2.37. The summed E-state index contributed by atoms with van der Waals surface area (Å²) in [7, 11) is 1.37. The van der Waals surface area contributed by atoms with Crippen LogP contribution in [0, 0.1) is 0 Å². The second kappa shape index (κ2) is 8.55. The summed E-state index contributed by atoms with van der Waals surface area (Å²) in [5.74, 6) is 0.0595. The molecule has 5 nitrogen and oxygen atoms in total. The smallest absolute Gasteiger partial charge is 0.341 e. The highest BCUT2D eigenvalue weighted by molar-refractivity contribution is 5.94. The van der Waals surface area contributed by atoms with E-state index in [0.717, 1.165) is 23.1 Å². The topological polar surface area (TPSA) is 67.8 Å². The van der Waals surface area contributed by atoms with E-state index in [1.165, 1.54) is 7.11 Å². The molecule has 1 aliphatic carbocycles. The first-order valence-electron chi connectivity index (χ1n) is 9.36. The van der Waals surface area contributed by atoms with Gasteiger partial charge in [-0.15, -0.1) is 0 Å². The minimum atomic E-state index is -0.664. The lowest BCUT2D eigenvalue weighted by atomic mass is 9.82. The summed E-state index contributed by atoms with van der Waals surface area (Å²) in [6.45, 7) is 4.48. The molecule has 2 N–H and O–H groups in total. The van der Waals surface area contributed by atoms with Gasteiger partial charge in [0.15, 0.2) is 0 Å². The molecule has 0 saturated heterocycles. The lowest BCUT2D eigenvalue weighted by Gasteiger charge is -2.33. The summed E-state index contributed by atoms with van der Waals surface area (Å²) in [4.78, 5) is 12.5. The van der Waals surface area contributed by atoms with Gasteiger partial charge in [-0.2, -0.15) is 0 Å². The summed E-state index contributed by atoms with van der Waals surface area (Å²) < 4.78 is 10.9. The fourth-order valence-electron chi connectivity index (χ4n) is 3.65. The molecule has 0 saturated carbocycles. The number of carbonyl (C=O) groups excluding carboxylic acids is 1. The minimum Gasteiger partial charge on any atom is -0.488 e. The summed E-state index contributed by atoms with van der Waals surface area (Å²) in [5, 5.41) is 14.2. The average molecular weight is 369 g/mol. The lowest BCUT2D eigenvalue weighted by Crippen LogP contribution is -2.42. The Bertz CT molecular complexity index is 788. The van der Waals surface area contributed by atoms with Gasteiger partial charge in [-0.05, 0) is 35.6 Å². The van der Waals surface area contributed by atoms with Crippen molar-refractivity contribution in [2.24, 2.45) is 0 Å². The van der Waals surface area contributed by atoms with Gasteiger partial charge in [0, 0.05) is 12.1 Å². The molecule has 0 aromatic heterocycles. The van der Waals surface area contributed by atoms with Gasteiger partial charge in [0.05, 0.1) is 13.2 Å². The number of rotatable bonds is 6. The zero-order valence-electron chi connectivity index (χ0n) is 16.1. The van der Waals surface area contributed by atoms with E-state index in [1.807, 2.05) is 36.4 Å². The molecule has 2 aromatic rings. The molecule has 144 valence electrons. The largest absolute Gasteiger partial charge is 0.488 e. The zero-order chi connectivity index (χ0) is 19.4. The number of methoxy groups -OCH3 is 1. The molecular formula is C22H27NO4. The maximum absolute atomic E-state index is 12.5. The number of aliphatic hydroxyl groups is 1. The molecule has 27 heavy (non-hydrogen) atoms. The van der Waals surface area contributed by atoms with Crippen LogP contribution in [-0.4, -0.2) is 30.3 Å². The van der Waals surface area contributed by atoms with Gasteiger partial charge in [-0.25, -0.2) is 4.79 Å². The number of benzene rings is 2. The number of esters is 1. The molecule has 0 heterocycles. The Morgan fingerprint density at radius 1 is 1.22 bits per heavy atom. The standard InChI is InChI=1S/C22H27NO4/c1-14(2)23-18-11-9-16-17(21(18)24)10-12-19(20(16)22(25)26-3)27-13-15-7-5-4-6-8-15/h4-8,10,12,14,18,21,23-24H,9,11,13H2,1-3H3/t18-,21+/m1/s1. The van der Waals surface area contributed by atoms with Crippen molar-refractivity contribution in [2.45, 2.75) is 51.5 Å². The summed E-state index contributed by atoms with van der Waals surface area (Å²) in [6, 6.07) is 13.7. The van der Waals surface area contributed by atoms with E-state index >= 15 is 0 Å². The third-order valence-corrected chi connectivity index (χ3v) is 4.89. The first kappa shape index (κ1) is 19.4. The van der Waals surface area contributed by atoms with E-state index in [-0.39, 0.29) is 12.1 Å². The van der Waals surface area contributed by atoms with Crippen LogP contribution in [0.25, 0.3) is 0 Å². The minimum absolute atomic E-state index is 0.0286. The highest BCUT2D eigenvalue weighted by atomic mass is 16.5. The number of aliphatic hydroxyl groups excluding tert-OH is 1. The third kappa shape index (κ3) is 4.31. The number of fused-ring (bicyclic) bond motifs is 1. The quantitative estimate of drug-likeness (QED) is 0.764. The van der Waals surface area contributed by atoms with Crippen LogP contribution in [-0.2, 0) is 17.8 Å². The van der Waals surface area contributed by atoms with Crippen LogP contribution >= 0.6 is 0 Å². The maximum atomic E-state index is 12.5. The SMILES string of the molecule is COC(=O)c1c(OCc2ccccc2)ccc2c1CC[C@@H](NC(C)C)[C@H]2O. The van der Waals surface area contributed by atoms with Gasteiger partial charge in [-0.3, -0.25) is 0 Å². The molecule has 3 rings (SSSR count). The molecule has 0 amide bonds. The van der Waals surface area contributed by atoms with Crippen molar-refractivity contribution < 1.29 is 19.4 Å². The fraction of sp³-hybridized carbons (Fsp3) is 0.409. The number of ether oxygens (including phenoxy) is 2. The van der Waals surface area contributed by atoms with Crippen LogP contribution in [0.15, 0.2) is 42.5 Å². The van der Waals surface area contributed by atoms with E-state index in [9.17, 15) is 9.90 Å². The molecule has 2 aromatic carbocycles. The van der Waals surface area contributed by atoms with Crippen molar-refractivity contribution in [3.8, 4) is 5.75 Å². The van der Waals surface area contributed by atoms with Gasteiger partial charge >= 0.3 is 5.97 Å². The van der Waals surface area contributed by atoms with Crippen LogP contribution in [0.1, 0.15) is 53.4 Å². The Balaban J connectivity index is 1.91. The van der Waals surface area contributed by atoms with E-state index in [2.05, 4.69) is 19.2 Å². The van der Waals surface area contributed by atoms with Gasteiger partial charge in [0.25, 0.3) is 0 Å². The van der Waals surface area contributed by atoms with Crippen LogP contribution in [0.4, 0.5) is 0 Å². The Kier molecular flexibility index (Phi) is 6.14. The molecule has 5 heteroatoms. The van der Waals surface area contributed by atoms with E-state index in [1.54, 1.807) is 6.07 Å². The first-order valence-corrected chi connectivity index (χ1v) is 9.36. The van der Waals surface area contributed by atoms with Crippen LogP contribution in [0.2, 0.25) is 0 Å².